The fourth-order valence-electron chi connectivity index (χ4n) is 2.55. The maximum absolute atomic E-state index is 12.2. The van der Waals surface area contributed by atoms with Gasteiger partial charge in [0.05, 0.1) is 28.4 Å². The molecule has 0 bridgehead atoms. The monoisotopic (exact) mass is 374 g/mol. The molecule has 0 saturated heterocycles. The molecule has 0 radical (unpaired) electrons. The van der Waals surface area contributed by atoms with E-state index in [0.717, 1.165) is 11.3 Å². The van der Waals surface area contributed by atoms with Crippen molar-refractivity contribution in [3.63, 3.8) is 0 Å². The number of nitrogens with one attached hydrogen (secondary N) is 2. The Balaban J connectivity index is 1.84. The number of methoxy groups -OCH3 is 4. The van der Waals surface area contributed by atoms with Crippen molar-refractivity contribution in [3.8, 4) is 23.0 Å². The highest BCUT2D eigenvalue weighted by atomic mass is 16.5. The summed E-state index contributed by atoms with van der Waals surface area (Å²) in [7, 11) is 6.24. The van der Waals surface area contributed by atoms with Crippen molar-refractivity contribution < 1.29 is 23.7 Å². The number of amides is 1. The number of hydrogen-bond donors (Lipinski definition) is 2. The molecule has 146 valence electrons. The maximum Gasteiger partial charge on any atom is 0.225 e. The molecule has 2 aromatic rings. The van der Waals surface area contributed by atoms with Crippen LogP contribution in [0.1, 0.15) is 12.0 Å². The minimum absolute atomic E-state index is 0.105. The highest BCUT2D eigenvalue weighted by molar-refractivity contribution is 5.91. The molecule has 0 aliphatic heterocycles. The van der Waals surface area contributed by atoms with Gasteiger partial charge in [0, 0.05) is 37.3 Å². The first kappa shape index (κ1) is 20.4. The average Bonchev–Trinajstić information content (AvgIpc) is 2.70. The van der Waals surface area contributed by atoms with Gasteiger partial charge in [-0.15, -0.1) is 0 Å². The van der Waals surface area contributed by atoms with E-state index < -0.39 is 0 Å². The third kappa shape index (κ3) is 5.79. The Morgan fingerprint density at radius 2 is 1.52 bits per heavy atom. The summed E-state index contributed by atoms with van der Waals surface area (Å²) in [6.45, 7) is 1.24. The quantitative estimate of drug-likeness (QED) is 0.623. The van der Waals surface area contributed by atoms with Crippen LogP contribution in [0.4, 0.5) is 5.69 Å². The van der Waals surface area contributed by atoms with Gasteiger partial charge in [0.2, 0.25) is 11.7 Å². The molecule has 0 atom stereocenters. The number of hydrogen-bond acceptors (Lipinski definition) is 6. The van der Waals surface area contributed by atoms with Crippen molar-refractivity contribution in [2.75, 3.05) is 40.3 Å². The lowest BCUT2D eigenvalue weighted by atomic mass is 10.2. The second kappa shape index (κ2) is 10.3. The van der Waals surface area contributed by atoms with Crippen LogP contribution in [-0.2, 0) is 11.3 Å². The third-order valence-electron chi connectivity index (χ3n) is 3.97. The maximum atomic E-state index is 12.2. The Labute approximate surface area is 159 Å². The fourth-order valence-corrected chi connectivity index (χ4v) is 2.55. The van der Waals surface area contributed by atoms with E-state index in [9.17, 15) is 4.79 Å². The molecular weight excluding hydrogens is 348 g/mol. The molecule has 0 aliphatic rings. The second-order valence-corrected chi connectivity index (χ2v) is 5.74. The molecule has 2 rings (SSSR count). The molecule has 2 aromatic carbocycles. The van der Waals surface area contributed by atoms with Crippen LogP contribution in [-0.4, -0.2) is 40.9 Å². The number of rotatable bonds is 10. The molecule has 0 unspecified atom stereocenters. The van der Waals surface area contributed by atoms with Crippen LogP contribution in [0.25, 0.3) is 0 Å². The van der Waals surface area contributed by atoms with Crippen LogP contribution in [0.2, 0.25) is 0 Å². The Kier molecular flexibility index (Phi) is 7.76. The summed E-state index contributed by atoms with van der Waals surface area (Å²) >= 11 is 0. The molecule has 7 heteroatoms. The smallest absolute Gasteiger partial charge is 0.225 e. The summed E-state index contributed by atoms with van der Waals surface area (Å²) in [5.74, 6) is 2.18. The third-order valence-corrected chi connectivity index (χ3v) is 3.97. The van der Waals surface area contributed by atoms with Gasteiger partial charge >= 0.3 is 0 Å². The topological polar surface area (TPSA) is 78.1 Å². The largest absolute Gasteiger partial charge is 0.497 e. The molecular formula is C20H26N2O5. The zero-order valence-electron chi connectivity index (χ0n) is 16.1. The lowest BCUT2D eigenvalue weighted by molar-refractivity contribution is -0.116. The highest BCUT2D eigenvalue weighted by Gasteiger charge is 2.14. The van der Waals surface area contributed by atoms with E-state index >= 15 is 0 Å². The SMILES string of the molecule is COc1ccc(CNCCC(=O)Nc2cc(OC)c(OC)c(OC)c2)cc1. The minimum atomic E-state index is -0.105. The van der Waals surface area contributed by atoms with Crippen molar-refractivity contribution in [2.24, 2.45) is 0 Å². The zero-order valence-corrected chi connectivity index (χ0v) is 16.1. The molecule has 0 aromatic heterocycles. The molecule has 0 spiro atoms. The molecule has 0 heterocycles. The first-order valence-corrected chi connectivity index (χ1v) is 8.54. The molecule has 27 heavy (non-hydrogen) atoms. The van der Waals surface area contributed by atoms with E-state index in [4.69, 9.17) is 18.9 Å². The van der Waals surface area contributed by atoms with Gasteiger partial charge in [0.1, 0.15) is 5.75 Å². The van der Waals surface area contributed by atoms with Crippen LogP contribution < -0.4 is 29.6 Å². The predicted molar refractivity (Wildman–Crippen MR) is 104 cm³/mol. The lowest BCUT2D eigenvalue weighted by Gasteiger charge is -2.14. The Morgan fingerprint density at radius 3 is 2.04 bits per heavy atom. The molecule has 0 fully saturated rings. The summed E-state index contributed by atoms with van der Waals surface area (Å²) in [5.41, 5.74) is 1.71. The second-order valence-electron chi connectivity index (χ2n) is 5.74. The van der Waals surface area contributed by atoms with Gasteiger partial charge in [-0.25, -0.2) is 0 Å². The fraction of sp³-hybridized carbons (Fsp3) is 0.350. The minimum Gasteiger partial charge on any atom is -0.497 e. The van der Waals surface area contributed by atoms with Gasteiger partial charge in [-0.1, -0.05) is 12.1 Å². The molecule has 0 saturated carbocycles. The van der Waals surface area contributed by atoms with Gasteiger partial charge in [0.25, 0.3) is 0 Å². The van der Waals surface area contributed by atoms with Crippen LogP contribution in [0.15, 0.2) is 36.4 Å². The highest BCUT2D eigenvalue weighted by Crippen LogP contribution is 2.39. The lowest BCUT2D eigenvalue weighted by Crippen LogP contribution is -2.21. The number of carbonyl (C=O) groups excluding carboxylic acids is 1. The molecule has 2 N–H and O–H groups in total. The predicted octanol–water partition coefficient (Wildman–Crippen LogP) is 2.84. The Bertz CT molecular complexity index is 722. The summed E-state index contributed by atoms with van der Waals surface area (Å²) in [6.07, 6.45) is 0.340. The normalized spacial score (nSPS) is 10.2. The summed E-state index contributed by atoms with van der Waals surface area (Å²) in [4.78, 5) is 12.2. The van der Waals surface area contributed by atoms with Crippen molar-refractivity contribution in [1.82, 2.24) is 5.32 Å². The number of benzene rings is 2. The number of carbonyl (C=O) groups is 1. The van der Waals surface area contributed by atoms with Gasteiger partial charge in [-0.3, -0.25) is 4.79 Å². The first-order valence-electron chi connectivity index (χ1n) is 8.54. The van der Waals surface area contributed by atoms with Gasteiger partial charge in [-0.2, -0.15) is 0 Å². The van der Waals surface area contributed by atoms with Crippen molar-refractivity contribution in [3.05, 3.63) is 42.0 Å². The number of ether oxygens (including phenoxy) is 4. The number of anilines is 1. The Hall–Kier alpha value is -2.93. The van der Waals surface area contributed by atoms with Gasteiger partial charge in [0.15, 0.2) is 11.5 Å². The molecule has 1 amide bonds. The van der Waals surface area contributed by atoms with Crippen molar-refractivity contribution >= 4 is 11.6 Å². The molecule has 0 aliphatic carbocycles. The standard InChI is InChI=1S/C20H26N2O5/c1-24-16-7-5-14(6-8-16)13-21-10-9-19(23)22-15-11-17(25-2)20(27-4)18(12-15)26-3/h5-8,11-12,21H,9-10,13H2,1-4H3,(H,22,23). The van der Waals surface area contributed by atoms with Crippen LogP contribution >= 0.6 is 0 Å². The zero-order chi connectivity index (χ0) is 19.6. The Morgan fingerprint density at radius 1 is 0.889 bits per heavy atom. The van der Waals surface area contributed by atoms with Crippen LogP contribution in [0, 0.1) is 0 Å². The van der Waals surface area contributed by atoms with E-state index in [1.54, 1.807) is 19.2 Å². The summed E-state index contributed by atoms with van der Waals surface area (Å²) < 4.78 is 21.0. The van der Waals surface area contributed by atoms with Crippen molar-refractivity contribution in [1.29, 1.82) is 0 Å². The first-order chi connectivity index (χ1) is 13.1. The van der Waals surface area contributed by atoms with Crippen LogP contribution in [0.3, 0.4) is 0 Å². The van der Waals surface area contributed by atoms with Crippen molar-refractivity contribution in [2.45, 2.75) is 13.0 Å². The van der Waals surface area contributed by atoms with E-state index in [2.05, 4.69) is 10.6 Å². The average molecular weight is 374 g/mol. The van der Waals surface area contributed by atoms with Crippen LogP contribution in [0.5, 0.6) is 23.0 Å². The summed E-state index contributed by atoms with van der Waals surface area (Å²) in [5, 5.41) is 6.09. The van der Waals surface area contributed by atoms with E-state index in [1.165, 1.54) is 21.3 Å². The van der Waals surface area contributed by atoms with E-state index in [1.807, 2.05) is 24.3 Å². The van der Waals surface area contributed by atoms with Gasteiger partial charge < -0.3 is 29.6 Å². The molecule has 7 nitrogen and oxygen atoms in total. The van der Waals surface area contributed by atoms with E-state index in [0.29, 0.717) is 42.4 Å². The van der Waals surface area contributed by atoms with E-state index in [-0.39, 0.29) is 5.91 Å². The summed E-state index contributed by atoms with van der Waals surface area (Å²) in [6, 6.07) is 11.2. The van der Waals surface area contributed by atoms with Gasteiger partial charge in [-0.05, 0) is 17.7 Å².